The zero-order valence-corrected chi connectivity index (χ0v) is 11.0. The van der Waals surface area contributed by atoms with Crippen LogP contribution in [0.1, 0.15) is 18.9 Å². The second-order valence-electron chi connectivity index (χ2n) is 4.56. The van der Waals surface area contributed by atoms with Crippen molar-refractivity contribution in [2.45, 2.75) is 19.8 Å². The van der Waals surface area contributed by atoms with Gasteiger partial charge in [-0.2, -0.15) is 4.98 Å². The van der Waals surface area contributed by atoms with Gasteiger partial charge in [-0.05, 0) is 18.6 Å². The van der Waals surface area contributed by atoms with Crippen molar-refractivity contribution in [3.63, 3.8) is 0 Å². The number of imidazole rings is 1. The molecule has 0 bridgehead atoms. The van der Waals surface area contributed by atoms with Crippen LogP contribution in [0.2, 0.25) is 0 Å². The molecule has 0 aliphatic rings. The highest BCUT2D eigenvalue weighted by Crippen LogP contribution is 2.18. The van der Waals surface area contributed by atoms with E-state index in [1.54, 1.807) is 6.20 Å². The van der Waals surface area contributed by atoms with Crippen LogP contribution in [0.15, 0.2) is 35.4 Å². The number of aromatic hydroxyl groups is 1. The Balaban J connectivity index is 2.12. The van der Waals surface area contributed by atoms with Crippen molar-refractivity contribution in [1.82, 2.24) is 19.4 Å². The first-order valence-electron chi connectivity index (χ1n) is 6.45. The predicted octanol–water partition coefficient (Wildman–Crippen LogP) is 1.74. The zero-order chi connectivity index (χ0) is 14.1. The average Bonchev–Trinajstić information content (AvgIpc) is 2.86. The molecule has 102 valence electrons. The normalized spacial score (nSPS) is 11.1. The summed E-state index contributed by atoms with van der Waals surface area (Å²) in [5, 5.41) is 9.87. The van der Waals surface area contributed by atoms with Gasteiger partial charge in [0.15, 0.2) is 5.82 Å². The zero-order valence-electron chi connectivity index (χ0n) is 11.0. The van der Waals surface area contributed by atoms with Crippen molar-refractivity contribution >= 4 is 5.65 Å². The van der Waals surface area contributed by atoms with Gasteiger partial charge in [0.1, 0.15) is 11.3 Å². The van der Waals surface area contributed by atoms with Crippen LogP contribution in [0.25, 0.3) is 17.2 Å². The van der Waals surface area contributed by atoms with Gasteiger partial charge in [-0.1, -0.05) is 19.4 Å². The summed E-state index contributed by atoms with van der Waals surface area (Å²) >= 11 is 0. The minimum atomic E-state index is -0.314. The Morgan fingerprint density at radius 1 is 1.35 bits per heavy atom. The molecule has 6 heteroatoms. The summed E-state index contributed by atoms with van der Waals surface area (Å²) in [6.07, 6.45) is 4.88. The quantitative estimate of drug-likeness (QED) is 0.759. The third-order valence-electron chi connectivity index (χ3n) is 3.10. The van der Waals surface area contributed by atoms with Crippen molar-refractivity contribution in [3.05, 3.63) is 46.5 Å². The van der Waals surface area contributed by atoms with E-state index in [9.17, 15) is 9.90 Å². The largest absolute Gasteiger partial charge is 0.493 e. The summed E-state index contributed by atoms with van der Waals surface area (Å²) in [5.74, 6) is 0.0544. The van der Waals surface area contributed by atoms with Crippen LogP contribution in [-0.2, 0) is 6.42 Å². The van der Waals surface area contributed by atoms with Gasteiger partial charge >= 0.3 is 0 Å². The molecule has 0 amide bonds. The van der Waals surface area contributed by atoms with Gasteiger partial charge in [-0.15, -0.1) is 0 Å². The number of H-pyrrole nitrogens is 1. The average molecular weight is 270 g/mol. The minimum Gasteiger partial charge on any atom is -0.493 e. The van der Waals surface area contributed by atoms with Gasteiger partial charge in [0.2, 0.25) is 5.88 Å². The lowest BCUT2D eigenvalue weighted by Gasteiger charge is -2.02. The van der Waals surface area contributed by atoms with E-state index in [1.165, 1.54) is 0 Å². The molecule has 2 N–H and O–H groups in total. The summed E-state index contributed by atoms with van der Waals surface area (Å²) < 4.78 is 1.83. The molecular weight excluding hydrogens is 256 g/mol. The van der Waals surface area contributed by atoms with Crippen molar-refractivity contribution in [2.75, 3.05) is 0 Å². The second-order valence-corrected chi connectivity index (χ2v) is 4.56. The van der Waals surface area contributed by atoms with Gasteiger partial charge in [0.25, 0.3) is 5.56 Å². The Hall–Kier alpha value is -2.63. The molecule has 0 aliphatic carbocycles. The fraction of sp³-hybridized carbons (Fsp3) is 0.214. The molecular formula is C14H14N4O2. The molecule has 0 atom stereocenters. The van der Waals surface area contributed by atoms with Crippen molar-refractivity contribution in [3.8, 4) is 17.4 Å². The third-order valence-corrected chi connectivity index (χ3v) is 3.10. The molecule has 0 unspecified atom stereocenters. The summed E-state index contributed by atoms with van der Waals surface area (Å²) in [5.41, 5.74) is 1.28. The summed E-state index contributed by atoms with van der Waals surface area (Å²) in [6.45, 7) is 1.94. The number of rotatable bonds is 3. The smallest absolute Gasteiger partial charge is 0.258 e. The molecule has 6 nitrogen and oxygen atoms in total. The number of aromatic amines is 1. The lowest BCUT2D eigenvalue weighted by atomic mass is 10.2. The predicted molar refractivity (Wildman–Crippen MR) is 74.7 cm³/mol. The topological polar surface area (TPSA) is 83.3 Å². The van der Waals surface area contributed by atoms with Crippen molar-refractivity contribution in [1.29, 1.82) is 0 Å². The Morgan fingerprint density at radius 2 is 2.20 bits per heavy atom. The van der Waals surface area contributed by atoms with E-state index in [1.807, 2.05) is 35.7 Å². The van der Waals surface area contributed by atoms with Crippen LogP contribution in [0.5, 0.6) is 5.88 Å². The number of pyridine rings is 1. The molecule has 0 aliphatic heterocycles. The SMILES string of the molecule is CCCc1c(O)nc(-c2cn3ccccc3n2)[nH]c1=O. The van der Waals surface area contributed by atoms with E-state index >= 15 is 0 Å². The number of nitrogens with zero attached hydrogens (tertiary/aromatic N) is 3. The standard InChI is InChI=1S/C14H14N4O2/c1-2-5-9-13(19)16-12(17-14(9)20)10-8-18-7-4-3-6-11(18)15-10/h3-4,6-8H,2,5H2,1H3,(H2,16,17,19,20). The molecule has 0 aromatic carbocycles. The summed E-state index contributed by atoms with van der Waals surface area (Å²) in [6, 6.07) is 5.62. The summed E-state index contributed by atoms with van der Waals surface area (Å²) in [7, 11) is 0. The molecule has 3 aromatic rings. The van der Waals surface area contributed by atoms with E-state index in [-0.39, 0.29) is 17.3 Å². The number of hydrogen-bond donors (Lipinski definition) is 2. The first-order valence-corrected chi connectivity index (χ1v) is 6.45. The second kappa shape index (κ2) is 4.80. The molecule has 3 heterocycles. The van der Waals surface area contributed by atoms with Crippen LogP contribution >= 0.6 is 0 Å². The molecule has 3 rings (SSSR count). The van der Waals surface area contributed by atoms with Crippen LogP contribution in [0.4, 0.5) is 0 Å². The van der Waals surface area contributed by atoms with Crippen LogP contribution in [0.3, 0.4) is 0 Å². The maximum atomic E-state index is 11.9. The van der Waals surface area contributed by atoms with Gasteiger partial charge < -0.3 is 14.5 Å². The number of hydrogen-bond acceptors (Lipinski definition) is 4. The molecule has 0 spiro atoms. The Labute approximate surface area is 114 Å². The minimum absolute atomic E-state index is 0.220. The van der Waals surface area contributed by atoms with Crippen LogP contribution in [0, 0.1) is 0 Å². The third kappa shape index (κ3) is 2.05. The van der Waals surface area contributed by atoms with E-state index < -0.39 is 0 Å². The molecule has 20 heavy (non-hydrogen) atoms. The number of nitrogens with one attached hydrogen (secondary N) is 1. The molecule has 3 aromatic heterocycles. The molecule has 0 saturated heterocycles. The lowest BCUT2D eigenvalue weighted by molar-refractivity contribution is 0.443. The van der Waals surface area contributed by atoms with Gasteiger partial charge in [0, 0.05) is 12.4 Å². The highest BCUT2D eigenvalue weighted by molar-refractivity contribution is 5.56. The fourth-order valence-corrected chi connectivity index (χ4v) is 2.13. The highest BCUT2D eigenvalue weighted by Gasteiger charge is 2.13. The number of aromatic nitrogens is 4. The van der Waals surface area contributed by atoms with Crippen LogP contribution < -0.4 is 5.56 Å². The monoisotopic (exact) mass is 270 g/mol. The highest BCUT2D eigenvalue weighted by atomic mass is 16.3. The van der Waals surface area contributed by atoms with Gasteiger partial charge in [-0.25, -0.2) is 4.98 Å². The van der Waals surface area contributed by atoms with Crippen molar-refractivity contribution in [2.24, 2.45) is 0 Å². The first kappa shape index (κ1) is 12.4. The van der Waals surface area contributed by atoms with Crippen LogP contribution in [-0.4, -0.2) is 24.5 Å². The molecule has 0 fully saturated rings. The molecule has 0 saturated carbocycles. The Bertz CT molecular complexity index is 786. The first-order chi connectivity index (χ1) is 9.69. The maximum Gasteiger partial charge on any atom is 0.258 e. The van der Waals surface area contributed by atoms with E-state index in [0.717, 1.165) is 12.1 Å². The van der Waals surface area contributed by atoms with E-state index in [0.29, 0.717) is 17.7 Å². The Kier molecular flexibility index (Phi) is 2.98. The summed E-state index contributed by atoms with van der Waals surface area (Å²) in [4.78, 5) is 23.0. The van der Waals surface area contributed by atoms with Crippen molar-refractivity contribution < 1.29 is 5.11 Å². The molecule has 0 radical (unpaired) electrons. The van der Waals surface area contributed by atoms with E-state index in [2.05, 4.69) is 15.0 Å². The van der Waals surface area contributed by atoms with Gasteiger partial charge in [0.05, 0.1) is 5.56 Å². The number of fused-ring (bicyclic) bond motifs is 1. The van der Waals surface area contributed by atoms with Gasteiger partial charge in [-0.3, -0.25) is 4.79 Å². The van der Waals surface area contributed by atoms with E-state index in [4.69, 9.17) is 0 Å². The Morgan fingerprint density at radius 3 is 2.90 bits per heavy atom. The lowest BCUT2D eigenvalue weighted by Crippen LogP contribution is -2.15. The maximum absolute atomic E-state index is 11.9. The fourth-order valence-electron chi connectivity index (χ4n) is 2.13.